The second-order valence-corrected chi connectivity index (χ2v) is 6.10. The quantitative estimate of drug-likeness (QED) is 0.588. The third-order valence-corrected chi connectivity index (χ3v) is 4.23. The maximum Gasteiger partial charge on any atom is 0.375 e. The van der Waals surface area contributed by atoms with Crippen LogP contribution in [0.1, 0.15) is 27.8 Å². The number of amides is 1. The molecule has 0 spiro atoms. The molecule has 29 heavy (non-hydrogen) atoms. The van der Waals surface area contributed by atoms with E-state index in [9.17, 15) is 9.59 Å². The van der Waals surface area contributed by atoms with Crippen molar-refractivity contribution in [2.75, 3.05) is 14.2 Å². The van der Waals surface area contributed by atoms with Gasteiger partial charge in [-0.25, -0.2) is 4.79 Å². The molecule has 3 rings (SSSR count). The van der Waals surface area contributed by atoms with Gasteiger partial charge in [-0.3, -0.25) is 4.79 Å². The fraction of sp³-hybridized carbons (Fsp3) is 0.182. The molecular formula is C22H21NO6. The Balaban J connectivity index is 1.74. The first-order valence-corrected chi connectivity index (χ1v) is 8.90. The molecule has 0 aliphatic rings. The highest BCUT2D eigenvalue weighted by atomic mass is 16.6. The summed E-state index contributed by atoms with van der Waals surface area (Å²) in [6.45, 7) is 0.272. The van der Waals surface area contributed by atoms with E-state index >= 15 is 0 Å². The molecule has 1 aromatic heterocycles. The van der Waals surface area contributed by atoms with E-state index in [1.54, 1.807) is 56.7 Å². The zero-order chi connectivity index (χ0) is 20.6. The van der Waals surface area contributed by atoms with Crippen molar-refractivity contribution in [3.05, 3.63) is 83.8 Å². The first-order chi connectivity index (χ1) is 14.1. The smallest absolute Gasteiger partial charge is 0.375 e. The van der Waals surface area contributed by atoms with Gasteiger partial charge in [0, 0.05) is 12.1 Å². The van der Waals surface area contributed by atoms with E-state index in [2.05, 4.69) is 5.32 Å². The minimum Gasteiger partial charge on any atom is -0.497 e. The van der Waals surface area contributed by atoms with E-state index in [0.29, 0.717) is 11.3 Å². The highest BCUT2D eigenvalue weighted by Gasteiger charge is 2.26. The number of carbonyl (C=O) groups is 2. The molecule has 7 heteroatoms. The molecule has 7 nitrogen and oxygen atoms in total. The van der Waals surface area contributed by atoms with E-state index in [1.807, 2.05) is 12.1 Å². The van der Waals surface area contributed by atoms with Crippen molar-refractivity contribution in [1.82, 2.24) is 5.32 Å². The number of ether oxygens (including phenoxy) is 3. The molecule has 0 saturated carbocycles. The SMILES string of the molecule is COc1ccc(CNC(=O)[C@H](OC(=O)c2ccco2)c2ccc(OC)cc2)cc1. The van der Waals surface area contributed by atoms with E-state index < -0.39 is 18.0 Å². The lowest BCUT2D eigenvalue weighted by atomic mass is 10.1. The molecule has 0 fully saturated rings. The highest BCUT2D eigenvalue weighted by molar-refractivity contribution is 5.90. The third-order valence-electron chi connectivity index (χ3n) is 4.23. The van der Waals surface area contributed by atoms with Crippen molar-refractivity contribution >= 4 is 11.9 Å². The van der Waals surface area contributed by atoms with Gasteiger partial charge in [0.25, 0.3) is 5.91 Å². The first-order valence-electron chi connectivity index (χ1n) is 8.90. The molecule has 0 unspecified atom stereocenters. The summed E-state index contributed by atoms with van der Waals surface area (Å²) in [5.41, 5.74) is 1.39. The fourth-order valence-corrected chi connectivity index (χ4v) is 2.64. The second kappa shape index (κ2) is 9.45. The van der Waals surface area contributed by atoms with E-state index in [-0.39, 0.29) is 12.3 Å². The van der Waals surface area contributed by atoms with Crippen LogP contribution in [0.15, 0.2) is 71.3 Å². The molecule has 3 aromatic rings. The summed E-state index contributed by atoms with van der Waals surface area (Å²) in [6, 6.07) is 17.1. The number of hydrogen-bond donors (Lipinski definition) is 1. The Morgan fingerprint density at radius 2 is 1.55 bits per heavy atom. The topological polar surface area (TPSA) is 87.0 Å². The Labute approximate surface area is 168 Å². The van der Waals surface area contributed by atoms with Crippen LogP contribution >= 0.6 is 0 Å². The number of methoxy groups -OCH3 is 2. The van der Waals surface area contributed by atoms with Crippen LogP contribution in [0.5, 0.6) is 11.5 Å². The number of rotatable bonds is 8. The Morgan fingerprint density at radius 3 is 2.10 bits per heavy atom. The number of esters is 1. The highest BCUT2D eigenvalue weighted by Crippen LogP contribution is 2.23. The molecule has 1 amide bonds. The standard InChI is InChI=1S/C22H21NO6/c1-26-17-9-5-15(6-10-17)14-23-21(24)20(16-7-11-18(27-2)12-8-16)29-22(25)19-4-3-13-28-19/h3-13,20H,14H2,1-2H3,(H,23,24)/t20-/m1/s1. The summed E-state index contributed by atoms with van der Waals surface area (Å²) >= 11 is 0. The van der Waals surface area contributed by atoms with Crippen LogP contribution in [0.2, 0.25) is 0 Å². The van der Waals surface area contributed by atoms with E-state index in [0.717, 1.165) is 11.3 Å². The Morgan fingerprint density at radius 1 is 0.931 bits per heavy atom. The number of carbonyl (C=O) groups excluding carboxylic acids is 2. The molecule has 150 valence electrons. The van der Waals surface area contributed by atoms with E-state index in [4.69, 9.17) is 18.6 Å². The predicted octanol–water partition coefficient (Wildman–Crippen LogP) is 3.51. The zero-order valence-corrected chi connectivity index (χ0v) is 16.1. The lowest BCUT2D eigenvalue weighted by Gasteiger charge is -2.18. The number of hydrogen-bond acceptors (Lipinski definition) is 6. The second-order valence-electron chi connectivity index (χ2n) is 6.10. The molecule has 0 aliphatic heterocycles. The summed E-state index contributed by atoms with van der Waals surface area (Å²) in [6.07, 6.45) is 0.222. The molecule has 1 atom stereocenters. The van der Waals surface area contributed by atoms with Crippen molar-refractivity contribution in [3.63, 3.8) is 0 Å². The van der Waals surface area contributed by atoms with Gasteiger partial charge < -0.3 is 23.9 Å². The van der Waals surface area contributed by atoms with Gasteiger partial charge in [-0.05, 0) is 42.0 Å². The molecule has 0 saturated heterocycles. The van der Waals surface area contributed by atoms with Crippen molar-refractivity contribution in [2.45, 2.75) is 12.6 Å². The minimum atomic E-state index is -1.14. The van der Waals surface area contributed by atoms with E-state index in [1.165, 1.54) is 12.3 Å². The minimum absolute atomic E-state index is 0.0199. The molecule has 0 bridgehead atoms. The molecule has 0 radical (unpaired) electrons. The molecular weight excluding hydrogens is 374 g/mol. The van der Waals surface area contributed by atoms with Crippen molar-refractivity contribution in [3.8, 4) is 11.5 Å². The first kappa shape index (κ1) is 20.0. The lowest BCUT2D eigenvalue weighted by molar-refractivity contribution is -0.130. The average molecular weight is 395 g/mol. The Bertz CT molecular complexity index is 932. The molecule has 0 aliphatic carbocycles. The summed E-state index contributed by atoms with van der Waals surface area (Å²) in [5, 5.41) is 2.80. The fourth-order valence-electron chi connectivity index (χ4n) is 2.64. The molecule has 2 aromatic carbocycles. The molecule has 1 N–H and O–H groups in total. The number of benzene rings is 2. The summed E-state index contributed by atoms with van der Waals surface area (Å²) in [7, 11) is 3.13. The van der Waals surface area contributed by atoms with Crippen molar-refractivity contribution in [1.29, 1.82) is 0 Å². The monoisotopic (exact) mass is 395 g/mol. The maximum absolute atomic E-state index is 12.8. The van der Waals surface area contributed by atoms with Crippen LogP contribution in [0.3, 0.4) is 0 Å². The van der Waals surface area contributed by atoms with Gasteiger partial charge >= 0.3 is 5.97 Å². The van der Waals surface area contributed by atoms with Gasteiger partial charge in [0.05, 0.1) is 20.5 Å². The lowest BCUT2D eigenvalue weighted by Crippen LogP contribution is -2.31. The van der Waals surface area contributed by atoms with Gasteiger partial charge in [-0.1, -0.05) is 24.3 Å². The van der Waals surface area contributed by atoms with Crippen LogP contribution in [-0.4, -0.2) is 26.1 Å². The maximum atomic E-state index is 12.8. The normalized spacial score (nSPS) is 11.4. The number of nitrogens with one attached hydrogen (secondary N) is 1. The van der Waals surface area contributed by atoms with Crippen LogP contribution in [-0.2, 0) is 16.1 Å². The van der Waals surface area contributed by atoms with Crippen molar-refractivity contribution in [2.24, 2.45) is 0 Å². The van der Waals surface area contributed by atoms with Gasteiger partial charge in [-0.2, -0.15) is 0 Å². The van der Waals surface area contributed by atoms with Crippen LogP contribution < -0.4 is 14.8 Å². The van der Waals surface area contributed by atoms with Gasteiger partial charge in [0.15, 0.2) is 0 Å². The van der Waals surface area contributed by atoms with Crippen molar-refractivity contribution < 1.29 is 28.2 Å². The van der Waals surface area contributed by atoms with Gasteiger partial charge in [0.1, 0.15) is 11.5 Å². The zero-order valence-electron chi connectivity index (χ0n) is 16.1. The Kier molecular flexibility index (Phi) is 6.52. The van der Waals surface area contributed by atoms with Crippen LogP contribution in [0.25, 0.3) is 0 Å². The summed E-state index contributed by atoms with van der Waals surface area (Å²) in [4.78, 5) is 25.2. The van der Waals surface area contributed by atoms with Gasteiger partial charge in [-0.15, -0.1) is 0 Å². The number of furan rings is 1. The van der Waals surface area contributed by atoms with Gasteiger partial charge in [0.2, 0.25) is 11.9 Å². The van der Waals surface area contributed by atoms with Crippen LogP contribution in [0.4, 0.5) is 0 Å². The average Bonchev–Trinajstić information content (AvgIpc) is 3.31. The summed E-state index contributed by atoms with van der Waals surface area (Å²) < 4.78 is 20.8. The molecule has 1 heterocycles. The van der Waals surface area contributed by atoms with Crippen LogP contribution in [0, 0.1) is 0 Å². The predicted molar refractivity (Wildman–Crippen MR) is 105 cm³/mol. The summed E-state index contributed by atoms with van der Waals surface area (Å²) in [5.74, 6) is 0.194. The largest absolute Gasteiger partial charge is 0.497 e. The Hall–Kier alpha value is -3.74. The third kappa shape index (κ3) is 5.16.